The first-order valence-corrected chi connectivity index (χ1v) is 5.96. The van der Waals surface area contributed by atoms with Crippen LogP contribution in [0.25, 0.3) is 0 Å². The van der Waals surface area contributed by atoms with Crippen LogP contribution in [0.4, 0.5) is 0 Å². The molecule has 11 heavy (non-hydrogen) atoms. The van der Waals surface area contributed by atoms with Crippen molar-refractivity contribution in [1.29, 1.82) is 0 Å². The lowest BCUT2D eigenvalue weighted by Gasteiger charge is -1.97. The minimum Gasteiger partial charge on any atom is -0.324 e. The lowest BCUT2D eigenvalue weighted by molar-refractivity contribution is 0.377. The molecule has 8 heteroatoms. The van der Waals surface area contributed by atoms with E-state index in [0.29, 0.717) is 5.82 Å². The maximum Gasteiger partial charge on any atom is 0.348 e. The van der Waals surface area contributed by atoms with Crippen LogP contribution >= 0.6 is 15.2 Å². The topological polar surface area (TPSA) is 115 Å². The van der Waals surface area contributed by atoms with Gasteiger partial charge in [-0.05, 0) is 0 Å². The molecule has 6 nitrogen and oxygen atoms in total. The highest BCUT2D eigenvalue weighted by molar-refractivity contribution is 7.55. The van der Waals surface area contributed by atoms with Gasteiger partial charge >= 0.3 is 15.2 Å². The summed E-state index contributed by atoms with van der Waals surface area (Å²) in [5.41, 5.74) is 0. The van der Waals surface area contributed by atoms with Crippen LogP contribution in [-0.4, -0.2) is 25.7 Å². The Morgan fingerprint density at radius 3 is 1.82 bits per heavy atom. The number of hydrogen-bond donors (Lipinski definition) is 4. The Bertz CT molecular complexity index is 232. The van der Waals surface area contributed by atoms with Gasteiger partial charge in [0.1, 0.15) is 0 Å². The van der Waals surface area contributed by atoms with E-state index in [1.165, 1.54) is 0 Å². The second-order valence-electron chi connectivity index (χ2n) is 1.82. The van der Waals surface area contributed by atoms with E-state index in [4.69, 9.17) is 19.6 Å². The third-order valence-electron chi connectivity index (χ3n) is 0.643. The van der Waals surface area contributed by atoms with Gasteiger partial charge in [-0.1, -0.05) is 6.08 Å². The van der Waals surface area contributed by atoms with Crippen molar-refractivity contribution in [1.82, 2.24) is 0 Å². The van der Waals surface area contributed by atoms with E-state index < -0.39 is 21.4 Å². The normalized spacial score (nSPS) is 14.2. The number of allylic oxidation sites excluding steroid dienone is 1. The summed E-state index contributed by atoms with van der Waals surface area (Å²) >= 11 is 0. The molecule has 0 saturated heterocycles. The van der Waals surface area contributed by atoms with Crippen molar-refractivity contribution in [3.63, 3.8) is 0 Å². The molecule has 0 saturated carbocycles. The molecule has 0 radical (unpaired) electrons. The standard InChI is InChI=1S/C3H8O6P2/c4-10(5,6)2-1-3-11(7,8)9/h1-2H,3H2,(H2,4,5,6)(H2,7,8,9). The van der Waals surface area contributed by atoms with E-state index in [-0.39, 0.29) is 0 Å². The van der Waals surface area contributed by atoms with Crippen molar-refractivity contribution in [2.24, 2.45) is 0 Å². The Balaban J connectivity index is 4.01. The summed E-state index contributed by atoms with van der Waals surface area (Å²) in [5.74, 6) is 0.464. The maximum atomic E-state index is 10.1. The van der Waals surface area contributed by atoms with Crippen molar-refractivity contribution < 1.29 is 28.7 Å². The molecule has 0 fully saturated rings. The van der Waals surface area contributed by atoms with Crippen LogP contribution in [-0.2, 0) is 9.13 Å². The van der Waals surface area contributed by atoms with Gasteiger partial charge < -0.3 is 19.6 Å². The fourth-order valence-corrected chi connectivity index (χ4v) is 1.25. The van der Waals surface area contributed by atoms with E-state index in [2.05, 4.69) is 0 Å². The molecule has 4 N–H and O–H groups in total. The number of rotatable bonds is 3. The van der Waals surface area contributed by atoms with E-state index in [1.807, 2.05) is 0 Å². The lowest BCUT2D eigenvalue weighted by atomic mass is 10.8. The van der Waals surface area contributed by atoms with Crippen LogP contribution in [0.5, 0.6) is 0 Å². The van der Waals surface area contributed by atoms with Gasteiger partial charge in [0.05, 0.1) is 6.16 Å². The van der Waals surface area contributed by atoms with E-state index in [9.17, 15) is 9.13 Å². The zero-order valence-electron chi connectivity index (χ0n) is 5.36. The van der Waals surface area contributed by atoms with Gasteiger partial charge in [-0.15, -0.1) is 0 Å². The third-order valence-corrected chi connectivity index (χ3v) is 1.93. The summed E-state index contributed by atoms with van der Waals surface area (Å²) in [6, 6.07) is 0. The van der Waals surface area contributed by atoms with Gasteiger partial charge in [-0.3, -0.25) is 9.13 Å². The average Bonchev–Trinajstić information content (AvgIpc) is 1.55. The second kappa shape index (κ2) is 3.63. The molecule has 0 spiro atoms. The SMILES string of the molecule is O=P(O)(O)C=CCP(=O)(O)O. The first kappa shape index (κ1) is 11.0. The Labute approximate surface area is 62.9 Å². The average molecular weight is 202 g/mol. The van der Waals surface area contributed by atoms with Crippen molar-refractivity contribution in [2.45, 2.75) is 0 Å². The summed E-state index contributed by atoms with van der Waals surface area (Å²) in [7, 11) is -8.46. The minimum absolute atomic E-state index is 0.464. The van der Waals surface area contributed by atoms with E-state index in [1.54, 1.807) is 0 Å². The quantitative estimate of drug-likeness (QED) is 0.473. The van der Waals surface area contributed by atoms with Crippen LogP contribution in [0.3, 0.4) is 0 Å². The third kappa shape index (κ3) is 10.0. The second-order valence-corrected chi connectivity index (χ2v) is 4.99. The molecule has 0 aliphatic rings. The van der Waals surface area contributed by atoms with Crippen LogP contribution in [0.1, 0.15) is 0 Å². The van der Waals surface area contributed by atoms with Crippen LogP contribution in [0.2, 0.25) is 0 Å². The van der Waals surface area contributed by atoms with Gasteiger partial charge in [0.2, 0.25) is 0 Å². The lowest BCUT2D eigenvalue weighted by Crippen LogP contribution is -1.81. The molecule has 66 valence electrons. The summed E-state index contributed by atoms with van der Waals surface area (Å²) < 4.78 is 20.2. The summed E-state index contributed by atoms with van der Waals surface area (Å²) in [5, 5.41) is 0. The highest BCUT2D eigenvalue weighted by Crippen LogP contribution is 2.39. The molecular formula is C3H8O6P2. The van der Waals surface area contributed by atoms with E-state index in [0.717, 1.165) is 6.08 Å². The molecule has 0 amide bonds. The molecule has 0 aromatic rings. The van der Waals surface area contributed by atoms with Crippen molar-refractivity contribution in [3.8, 4) is 0 Å². The van der Waals surface area contributed by atoms with Gasteiger partial charge in [-0.25, -0.2) is 0 Å². The number of hydrogen-bond acceptors (Lipinski definition) is 2. The predicted octanol–water partition coefficient (Wildman–Crippen LogP) is -0.145. The van der Waals surface area contributed by atoms with Crippen molar-refractivity contribution in [2.75, 3.05) is 6.16 Å². The van der Waals surface area contributed by atoms with Crippen LogP contribution in [0.15, 0.2) is 11.9 Å². The zero-order chi connectivity index (χ0) is 9.12. The largest absolute Gasteiger partial charge is 0.348 e. The highest BCUT2D eigenvalue weighted by Gasteiger charge is 2.11. The van der Waals surface area contributed by atoms with Gasteiger partial charge in [0.25, 0.3) is 0 Å². The minimum atomic E-state index is -4.28. The van der Waals surface area contributed by atoms with Crippen molar-refractivity contribution >= 4 is 15.2 Å². The summed E-state index contributed by atoms with van der Waals surface area (Å²) in [6.45, 7) is 0. The molecular weight excluding hydrogens is 194 g/mol. The molecule has 0 atom stereocenters. The van der Waals surface area contributed by atoms with E-state index >= 15 is 0 Å². The highest BCUT2D eigenvalue weighted by atomic mass is 31.2. The molecule has 0 bridgehead atoms. The summed E-state index contributed by atoms with van der Waals surface area (Å²) in [4.78, 5) is 32.8. The van der Waals surface area contributed by atoms with Gasteiger partial charge in [0.15, 0.2) is 0 Å². The molecule has 0 rings (SSSR count). The molecule has 0 heterocycles. The summed E-state index contributed by atoms with van der Waals surface area (Å²) in [6.07, 6.45) is 0.111. The van der Waals surface area contributed by atoms with Crippen LogP contribution < -0.4 is 0 Å². The first-order valence-electron chi connectivity index (χ1n) is 2.48. The molecule has 0 aromatic carbocycles. The molecule has 0 aliphatic carbocycles. The fourth-order valence-electron chi connectivity index (χ4n) is 0.322. The molecule has 0 unspecified atom stereocenters. The molecule has 0 aromatic heterocycles. The Morgan fingerprint density at radius 2 is 1.55 bits per heavy atom. The zero-order valence-corrected chi connectivity index (χ0v) is 7.15. The van der Waals surface area contributed by atoms with Gasteiger partial charge in [0, 0.05) is 5.82 Å². The van der Waals surface area contributed by atoms with Crippen LogP contribution in [0, 0.1) is 0 Å². The Morgan fingerprint density at radius 1 is 1.09 bits per heavy atom. The monoisotopic (exact) mass is 202 g/mol. The smallest absolute Gasteiger partial charge is 0.324 e. The Kier molecular flexibility index (Phi) is 3.64. The fraction of sp³-hybridized carbons (Fsp3) is 0.333. The Hall–Kier alpha value is 0.0400. The predicted molar refractivity (Wildman–Crippen MR) is 38.1 cm³/mol. The maximum absolute atomic E-state index is 10.1. The van der Waals surface area contributed by atoms with Gasteiger partial charge in [-0.2, -0.15) is 0 Å². The first-order chi connectivity index (χ1) is 4.71. The molecule has 0 aliphatic heterocycles. The van der Waals surface area contributed by atoms with Crippen molar-refractivity contribution in [3.05, 3.63) is 11.9 Å².